The van der Waals surface area contributed by atoms with E-state index in [0.29, 0.717) is 12.8 Å². The maximum Gasteiger partial charge on any atom is 0.339 e. The number of allylic oxidation sites excluding steroid dienone is 1. The summed E-state index contributed by atoms with van der Waals surface area (Å²) in [6, 6.07) is 2.02. The van der Waals surface area contributed by atoms with Crippen molar-refractivity contribution < 1.29 is 23.1 Å². The van der Waals surface area contributed by atoms with E-state index in [9.17, 15) is 13.2 Å². The molecular weight excluding hydrogens is 330 g/mol. The van der Waals surface area contributed by atoms with Gasteiger partial charge in [-0.25, -0.2) is 17.9 Å². The molecule has 8 heteroatoms. The predicted octanol–water partition coefficient (Wildman–Crippen LogP) is 2.43. The van der Waals surface area contributed by atoms with E-state index < -0.39 is 16.0 Å². The number of carbonyl (C=O) groups is 1. The van der Waals surface area contributed by atoms with Gasteiger partial charge < -0.3 is 9.84 Å². The summed E-state index contributed by atoms with van der Waals surface area (Å²) < 4.78 is 32.4. The van der Waals surface area contributed by atoms with E-state index in [2.05, 4.69) is 4.72 Å². The Balaban J connectivity index is 2.38. The van der Waals surface area contributed by atoms with Gasteiger partial charge in [0.2, 0.25) is 10.0 Å². The zero-order chi connectivity index (χ0) is 16.3. The molecule has 120 valence electrons. The monoisotopic (exact) mass is 345 g/mol. The second-order valence-electron chi connectivity index (χ2n) is 4.89. The number of methoxy groups -OCH3 is 1. The smallest absolute Gasteiger partial charge is 0.339 e. The van der Waals surface area contributed by atoms with Gasteiger partial charge in [0.1, 0.15) is 16.2 Å². The van der Waals surface area contributed by atoms with Crippen LogP contribution in [0.3, 0.4) is 0 Å². The van der Waals surface area contributed by atoms with E-state index in [1.165, 1.54) is 7.11 Å². The highest BCUT2D eigenvalue weighted by Crippen LogP contribution is 2.30. The zero-order valence-corrected chi connectivity index (χ0v) is 13.4. The molecule has 0 saturated heterocycles. The van der Waals surface area contributed by atoms with Crippen molar-refractivity contribution in [1.29, 1.82) is 0 Å². The molecular formula is C14H16ClNO5S. The van der Waals surface area contributed by atoms with Crippen LogP contribution in [0.1, 0.15) is 29.6 Å². The first-order valence-corrected chi connectivity index (χ1v) is 8.49. The Morgan fingerprint density at radius 1 is 1.41 bits per heavy atom. The molecule has 0 fully saturated rings. The number of carboxylic acid groups (broad SMARTS) is 1. The number of hydrogen-bond acceptors (Lipinski definition) is 4. The number of carboxylic acids is 1. The molecule has 0 heterocycles. The lowest BCUT2D eigenvalue weighted by Crippen LogP contribution is -2.35. The van der Waals surface area contributed by atoms with E-state index in [1.807, 2.05) is 12.2 Å². The standard InChI is InChI=1S/C14H16ClNO5S/c1-21-12-8-13(11(15)7-10(12)14(17)18)22(19,20)16-9-5-3-2-4-6-9/h2-3,7-9,16H,4-6H2,1H3,(H,17,18). The minimum absolute atomic E-state index is 0.0548. The number of halogens is 1. The summed E-state index contributed by atoms with van der Waals surface area (Å²) in [7, 11) is -2.59. The molecule has 6 nitrogen and oxygen atoms in total. The SMILES string of the molecule is COc1cc(S(=O)(=O)NC2CC=CCC2)c(Cl)cc1C(=O)O. The van der Waals surface area contributed by atoms with Crippen LogP contribution in [0, 0.1) is 0 Å². The Labute approximate surface area is 133 Å². The number of nitrogens with one attached hydrogen (secondary N) is 1. The Bertz CT molecular complexity index is 714. The number of hydrogen-bond donors (Lipinski definition) is 2. The first-order chi connectivity index (χ1) is 10.3. The molecule has 2 rings (SSSR count). The van der Waals surface area contributed by atoms with Crippen molar-refractivity contribution in [2.24, 2.45) is 0 Å². The van der Waals surface area contributed by atoms with Gasteiger partial charge in [-0.2, -0.15) is 0 Å². The summed E-state index contributed by atoms with van der Waals surface area (Å²) >= 11 is 5.95. The Kier molecular flexibility index (Phi) is 5.10. The molecule has 1 aliphatic carbocycles. The molecule has 1 aromatic carbocycles. The van der Waals surface area contributed by atoms with Crippen LogP contribution in [0.4, 0.5) is 0 Å². The van der Waals surface area contributed by atoms with Crippen molar-refractivity contribution in [3.63, 3.8) is 0 Å². The third-order valence-corrected chi connectivity index (χ3v) is 5.35. The molecule has 0 spiro atoms. The van der Waals surface area contributed by atoms with Crippen LogP contribution in [0.25, 0.3) is 0 Å². The zero-order valence-electron chi connectivity index (χ0n) is 11.9. The fraction of sp³-hybridized carbons (Fsp3) is 0.357. The normalized spacial score (nSPS) is 18.2. The third-order valence-electron chi connectivity index (χ3n) is 3.36. The topological polar surface area (TPSA) is 92.7 Å². The molecule has 0 radical (unpaired) electrons. The molecule has 2 N–H and O–H groups in total. The lowest BCUT2D eigenvalue weighted by molar-refractivity contribution is 0.0693. The fourth-order valence-corrected chi connectivity index (χ4v) is 4.09. The number of sulfonamides is 1. The number of aromatic carboxylic acids is 1. The van der Waals surface area contributed by atoms with Gasteiger partial charge in [-0.15, -0.1) is 0 Å². The Morgan fingerprint density at radius 2 is 2.14 bits per heavy atom. The van der Waals surface area contributed by atoms with E-state index >= 15 is 0 Å². The number of rotatable bonds is 5. The van der Waals surface area contributed by atoms with E-state index in [1.54, 1.807) is 0 Å². The Morgan fingerprint density at radius 3 is 2.68 bits per heavy atom. The van der Waals surface area contributed by atoms with Gasteiger partial charge in [-0.3, -0.25) is 0 Å². The highest BCUT2D eigenvalue weighted by atomic mass is 35.5. The molecule has 1 aliphatic rings. The third kappa shape index (κ3) is 3.60. The maximum atomic E-state index is 12.4. The Hall–Kier alpha value is -1.57. The minimum atomic E-state index is -3.85. The van der Waals surface area contributed by atoms with Crippen LogP contribution in [0.15, 0.2) is 29.2 Å². The van der Waals surface area contributed by atoms with Crippen molar-refractivity contribution in [2.75, 3.05) is 7.11 Å². The van der Waals surface area contributed by atoms with Crippen LogP contribution in [-0.4, -0.2) is 32.6 Å². The van der Waals surface area contributed by atoms with Crippen molar-refractivity contribution in [3.8, 4) is 5.75 Å². The van der Waals surface area contributed by atoms with E-state index in [4.69, 9.17) is 21.4 Å². The first-order valence-electron chi connectivity index (χ1n) is 6.63. The summed E-state index contributed by atoms with van der Waals surface area (Å²) in [4.78, 5) is 10.9. The van der Waals surface area contributed by atoms with Gasteiger partial charge in [-0.05, 0) is 25.3 Å². The fourth-order valence-electron chi connectivity index (χ4n) is 2.26. The second-order valence-corrected chi connectivity index (χ2v) is 6.98. The van der Waals surface area contributed by atoms with Crippen LogP contribution < -0.4 is 9.46 Å². The number of ether oxygens (including phenoxy) is 1. The van der Waals surface area contributed by atoms with Crippen molar-refractivity contribution in [2.45, 2.75) is 30.2 Å². The summed E-state index contributed by atoms with van der Waals surface area (Å²) in [6.45, 7) is 0. The molecule has 1 aromatic rings. The minimum Gasteiger partial charge on any atom is -0.496 e. The molecule has 22 heavy (non-hydrogen) atoms. The average molecular weight is 346 g/mol. The van der Waals surface area contributed by atoms with Gasteiger partial charge >= 0.3 is 5.97 Å². The van der Waals surface area contributed by atoms with Gasteiger partial charge in [-0.1, -0.05) is 23.8 Å². The van der Waals surface area contributed by atoms with E-state index in [-0.39, 0.29) is 27.3 Å². The van der Waals surface area contributed by atoms with Crippen molar-refractivity contribution >= 4 is 27.6 Å². The molecule has 0 bridgehead atoms. The first kappa shape index (κ1) is 16.8. The van der Waals surface area contributed by atoms with Gasteiger partial charge in [0.05, 0.1) is 12.1 Å². The molecule has 0 aromatic heterocycles. The lowest BCUT2D eigenvalue weighted by Gasteiger charge is -2.20. The van der Waals surface area contributed by atoms with Crippen molar-refractivity contribution in [3.05, 3.63) is 34.9 Å². The summed E-state index contributed by atoms with van der Waals surface area (Å²) in [5.74, 6) is -1.30. The summed E-state index contributed by atoms with van der Waals surface area (Å²) in [5, 5.41) is 8.91. The summed E-state index contributed by atoms with van der Waals surface area (Å²) in [6.07, 6.45) is 6.05. The molecule has 1 atom stereocenters. The van der Waals surface area contributed by atoms with Gasteiger partial charge in [0.15, 0.2) is 0 Å². The van der Waals surface area contributed by atoms with Crippen LogP contribution in [0.2, 0.25) is 5.02 Å². The predicted molar refractivity (Wildman–Crippen MR) is 82.1 cm³/mol. The van der Waals surface area contributed by atoms with Crippen LogP contribution in [0.5, 0.6) is 5.75 Å². The number of benzene rings is 1. The molecule has 0 aliphatic heterocycles. The molecule has 1 unspecified atom stereocenters. The van der Waals surface area contributed by atoms with Crippen molar-refractivity contribution in [1.82, 2.24) is 4.72 Å². The van der Waals surface area contributed by atoms with E-state index in [0.717, 1.165) is 18.6 Å². The second kappa shape index (κ2) is 6.68. The summed E-state index contributed by atoms with van der Waals surface area (Å²) in [5.41, 5.74) is -0.188. The molecule has 0 saturated carbocycles. The highest BCUT2D eigenvalue weighted by molar-refractivity contribution is 7.89. The molecule has 0 amide bonds. The highest BCUT2D eigenvalue weighted by Gasteiger charge is 2.25. The maximum absolute atomic E-state index is 12.4. The van der Waals surface area contributed by atoms with Gasteiger partial charge in [0.25, 0.3) is 0 Å². The lowest BCUT2D eigenvalue weighted by atomic mass is 10.0. The largest absolute Gasteiger partial charge is 0.496 e. The quantitative estimate of drug-likeness (QED) is 0.799. The van der Waals surface area contributed by atoms with Crippen LogP contribution >= 0.6 is 11.6 Å². The van der Waals surface area contributed by atoms with Crippen LogP contribution in [-0.2, 0) is 10.0 Å². The average Bonchev–Trinajstić information content (AvgIpc) is 2.47. The van der Waals surface area contributed by atoms with Gasteiger partial charge in [0, 0.05) is 12.1 Å².